The molecule has 0 aliphatic rings. The van der Waals surface area contributed by atoms with Gasteiger partial charge in [0, 0.05) is 23.1 Å². The maximum Gasteiger partial charge on any atom is 0.0457 e. The van der Waals surface area contributed by atoms with Gasteiger partial charge in [-0.2, -0.15) is 0 Å². The molecule has 0 saturated heterocycles. The molecule has 3 N–H and O–H groups in total. The molecule has 0 bridgehead atoms. The summed E-state index contributed by atoms with van der Waals surface area (Å²) in [4.78, 5) is 3.18. The second-order valence-corrected chi connectivity index (χ2v) is 3.42. The predicted octanol–water partition coefficient (Wildman–Crippen LogP) is 3.17. The first-order chi connectivity index (χ1) is 6.83. The number of nitrogens with two attached hydrogens (primary N) is 1. The molecule has 2 rings (SSSR count). The summed E-state index contributed by atoms with van der Waals surface area (Å²) in [5, 5.41) is 1.21. The van der Waals surface area contributed by atoms with Gasteiger partial charge in [-0.05, 0) is 24.1 Å². The minimum Gasteiger partial charge on any atom is -0.361 e. The summed E-state index contributed by atoms with van der Waals surface area (Å²) < 4.78 is 0. The van der Waals surface area contributed by atoms with Crippen molar-refractivity contribution in [2.45, 2.75) is 12.5 Å². The Balaban J connectivity index is 0.00000112. The molecule has 3 heteroatoms. The van der Waals surface area contributed by atoms with E-state index < -0.39 is 0 Å². The highest BCUT2D eigenvalue weighted by atomic mass is 35.5. The summed E-state index contributed by atoms with van der Waals surface area (Å²) in [6.45, 7) is 3.71. The van der Waals surface area contributed by atoms with Crippen LogP contribution in [-0.2, 0) is 0 Å². The Hall–Kier alpha value is -1.25. The van der Waals surface area contributed by atoms with Crippen LogP contribution in [0.3, 0.4) is 0 Å². The molecule has 0 aliphatic heterocycles. The van der Waals surface area contributed by atoms with Crippen LogP contribution in [0.15, 0.2) is 43.1 Å². The van der Waals surface area contributed by atoms with E-state index in [2.05, 4.69) is 29.8 Å². The third-order valence-electron chi connectivity index (χ3n) is 2.45. The van der Waals surface area contributed by atoms with Crippen molar-refractivity contribution in [3.05, 3.63) is 48.7 Å². The summed E-state index contributed by atoms with van der Waals surface area (Å²) in [5.74, 6) is 0. The highest BCUT2D eigenvalue weighted by Crippen LogP contribution is 2.23. The van der Waals surface area contributed by atoms with E-state index in [0.717, 1.165) is 11.9 Å². The van der Waals surface area contributed by atoms with Crippen LogP contribution in [0.4, 0.5) is 0 Å². The first kappa shape index (κ1) is 11.8. The molecule has 0 aliphatic carbocycles. The first-order valence-corrected chi connectivity index (χ1v) is 4.75. The van der Waals surface area contributed by atoms with Gasteiger partial charge in [0.25, 0.3) is 0 Å². The van der Waals surface area contributed by atoms with Gasteiger partial charge in [-0.15, -0.1) is 19.0 Å². The van der Waals surface area contributed by atoms with E-state index in [1.807, 2.05) is 18.3 Å². The van der Waals surface area contributed by atoms with Crippen LogP contribution >= 0.6 is 12.4 Å². The molecule has 2 aromatic rings. The molecular formula is C12H15ClN2. The van der Waals surface area contributed by atoms with Crippen LogP contribution in [0.1, 0.15) is 18.0 Å². The van der Waals surface area contributed by atoms with Crippen molar-refractivity contribution < 1.29 is 0 Å². The van der Waals surface area contributed by atoms with Crippen molar-refractivity contribution in [3.63, 3.8) is 0 Å². The standard InChI is InChI=1S/C12H14N2.ClH/c1-2-4-11(13)9-5-3-6-12-10(9)7-8-14-12;/h2-3,5-8,11,14H,1,4,13H2;1H/t11-;/m1./s1. The third-order valence-corrected chi connectivity index (χ3v) is 2.45. The smallest absolute Gasteiger partial charge is 0.0457 e. The van der Waals surface area contributed by atoms with Gasteiger partial charge in [0.2, 0.25) is 0 Å². The summed E-state index contributed by atoms with van der Waals surface area (Å²) in [6, 6.07) is 8.26. The molecule has 80 valence electrons. The molecule has 1 aromatic carbocycles. The number of halogens is 1. The Kier molecular flexibility index (Phi) is 3.95. The molecule has 0 fully saturated rings. The number of aromatic amines is 1. The Labute approximate surface area is 95.6 Å². The predicted molar refractivity (Wildman–Crippen MR) is 67.3 cm³/mol. The second-order valence-electron chi connectivity index (χ2n) is 3.42. The van der Waals surface area contributed by atoms with E-state index in [4.69, 9.17) is 5.73 Å². The van der Waals surface area contributed by atoms with Crippen LogP contribution in [0.2, 0.25) is 0 Å². The summed E-state index contributed by atoms with van der Waals surface area (Å²) >= 11 is 0. The SMILES string of the molecule is C=CC[C@@H](N)c1cccc2[nH]ccc12.Cl. The third kappa shape index (κ3) is 2.22. The lowest BCUT2D eigenvalue weighted by molar-refractivity contribution is 0.748. The van der Waals surface area contributed by atoms with Gasteiger partial charge in [0.15, 0.2) is 0 Å². The number of hydrogen-bond acceptors (Lipinski definition) is 1. The quantitative estimate of drug-likeness (QED) is 0.770. The molecule has 15 heavy (non-hydrogen) atoms. The Bertz CT molecular complexity index is 448. The fourth-order valence-electron chi connectivity index (χ4n) is 1.74. The molecule has 1 aromatic heterocycles. The van der Waals surface area contributed by atoms with Gasteiger partial charge in [-0.25, -0.2) is 0 Å². The van der Waals surface area contributed by atoms with E-state index in [1.165, 1.54) is 10.9 Å². The van der Waals surface area contributed by atoms with Crippen molar-refractivity contribution in [1.29, 1.82) is 0 Å². The van der Waals surface area contributed by atoms with Gasteiger partial charge in [-0.3, -0.25) is 0 Å². The lowest BCUT2D eigenvalue weighted by Gasteiger charge is -2.10. The van der Waals surface area contributed by atoms with Crippen LogP contribution < -0.4 is 5.73 Å². The second kappa shape index (κ2) is 5.01. The van der Waals surface area contributed by atoms with Crippen molar-refractivity contribution in [2.24, 2.45) is 5.73 Å². The van der Waals surface area contributed by atoms with E-state index >= 15 is 0 Å². The zero-order valence-corrected chi connectivity index (χ0v) is 9.26. The molecule has 0 radical (unpaired) electrons. The number of aromatic nitrogens is 1. The highest BCUT2D eigenvalue weighted by molar-refractivity contribution is 5.85. The number of fused-ring (bicyclic) bond motifs is 1. The molecule has 2 nitrogen and oxygen atoms in total. The summed E-state index contributed by atoms with van der Waals surface area (Å²) in [7, 11) is 0. The average Bonchev–Trinajstić information content (AvgIpc) is 2.65. The maximum atomic E-state index is 6.05. The number of H-pyrrole nitrogens is 1. The Morgan fingerprint density at radius 2 is 2.20 bits per heavy atom. The van der Waals surface area contributed by atoms with Gasteiger partial charge in [0.1, 0.15) is 0 Å². The largest absolute Gasteiger partial charge is 0.361 e. The normalized spacial score (nSPS) is 12.1. The highest BCUT2D eigenvalue weighted by Gasteiger charge is 2.07. The number of rotatable bonds is 3. The Morgan fingerprint density at radius 3 is 2.93 bits per heavy atom. The van der Waals surface area contributed by atoms with Crippen molar-refractivity contribution in [2.75, 3.05) is 0 Å². The molecule has 1 atom stereocenters. The zero-order valence-electron chi connectivity index (χ0n) is 8.44. The first-order valence-electron chi connectivity index (χ1n) is 4.75. The van der Waals surface area contributed by atoms with Crippen molar-refractivity contribution >= 4 is 23.3 Å². The van der Waals surface area contributed by atoms with Crippen LogP contribution in [-0.4, -0.2) is 4.98 Å². The van der Waals surface area contributed by atoms with E-state index in [0.29, 0.717) is 0 Å². The van der Waals surface area contributed by atoms with Crippen LogP contribution in [0, 0.1) is 0 Å². The summed E-state index contributed by atoms with van der Waals surface area (Å²) in [5.41, 5.74) is 8.37. The monoisotopic (exact) mass is 222 g/mol. The lowest BCUT2D eigenvalue weighted by Crippen LogP contribution is -2.08. The number of hydrogen-bond donors (Lipinski definition) is 2. The zero-order chi connectivity index (χ0) is 9.97. The van der Waals surface area contributed by atoms with Crippen LogP contribution in [0.5, 0.6) is 0 Å². The van der Waals surface area contributed by atoms with Crippen molar-refractivity contribution in [1.82, 2.24) is 4.98 Å². The number of nitrogens with one attached hydrogen (secondary N) is 1. The molecule has 1 heterocycles. The topological polar surface area (TPSA) is 41.8 Å². The van der Waals surface area contributed by atoms with E-state index in [9.17, 15) is 0 Å². The van der Waals surface area contributed by atoms with Crippen LogP contribution in [0.25, 0.3) is 10.9 Å². The molecule has 0 saturated carbocycles. The van der Waals surface area contributed by atoms with Gasteiger partial charge in [-0.1, -0.05) is 18.2 Å². The Morgan fingerprint density at radius 1 is 1.40 bits per heavy atom. The number of benzene rings is 1. The molecule has 0 amide bonds. The maximum absolute atomic E-state index is 6.05. The van der Waals surface area contributed by atoms with Crippen molar-refractivity contribution in [3.8, 4) is 0 Å². The molecule has 0 unspecified atom stereocenters. The minimum absolute atomic E-state index is 0. The van der Waals surface area contributed by atoms with Gasteiger partial charge >= 0.3 is 0 Å². The molecular weight excluding hydrogens is 208 g/mol. The minimum atomic E-state index is 0. The van der Waals surface area contributed by atoms with E-state index in [1.54, 1.807) is 0 Å². The summed E-state index contributed by atoms with van der Waals surface area (Å²) in [6.07, 6.45) is 4.61. The fourth-order valence-corrected chi connectivity index (χ4v) is 1.74. The lowest BCUT2D eigenvalue weighted by atomic mass is 10.0. The van der Waals surface area contributed by atoms with Gasteiger partial charge < -0.3 is 10.7 Å². The van der Waals surface area contributed by atoms with E-state index in [-0.39, 0.29) is 18.4 Å². The van der Waals surface area contributed by atoms with Gasteiger partial charge in [0.05, 0.1) is 0 Å². The molecule has 0 spiro atoms. The average molecular weight is 223 g/mol. The fraction of sp³-hybridized carbons (Fsp3) is 0.167.